The summed E-state index contributed by atoms with van der Waals surface area (Å²) in [5, 5.41) is 0.688. The number of benzene rings is 1. The molecule has 0 saturated carbocycles. The third-order valence-electron chi connectivity index (χ3n) is 3.32. The van der Waals surface area contributed by atoms with Crippen LogP contribution in [0, 0.1) is 5.92 Å². The van der Waals surface area contributed by atoms with Gasteiger partial charge in [-0.3, -0.25) is 4.79 Å². The fraction of sp³-hybridized carbons (Fsp3) is 0.438. The number of nitrogens with two attached hydrogens (primary N) is 1. The molecular formula is C16H23ClN2O. The van der Waals surface area contributed by atoms with Crippen LogP contribution in [0.4, 0.5) is 0 Å². The van der Waals surface area contributed by atoms with E-state index in [-0.39, 0.29) is 11.9 Å². The van der Waals surface area contributed by atoms with Crippen LogP contribution in [0.3, 0.4) is 0 Å². The van der Waals surface area contributed by atoms with Gasteiger partial charge in [0.05, 0.1) is 0 Å². The van der Waals surface area contributed by atoms with Gasteiger partial charge in [-0.15, -0.1) is 0 Å². The summed E-state index contributed by atoms with van der Waals surface area (Å²) in [6.07, 6.45) is 4.18. The van der Waals surface area contributed by atoms with Crippen molar-refractivity contribution in [1.82, 2.24) is 4.90 Å². The normalized spacial score (nSPS) is 12.9. The number of carbonyl (C=O) groups excluding carboxylic acids is 1. The minimum absolute atomic E-state index is 0.0177. The third-order valence-corrected chi connectivity index (χ3v) is 3.57. The van der Waals surface area contributed by atoms with Gasteiger partial charge in [-0.05, 0) is 36.1 Å². The van der Waals surface area contributed by atoms with Gasteiger partial charge in [-0.25, -0.2) is 0 Å². The molecule has 0 aliphatic carbocycles. The molecule has 1 aromatic rings. The fourth-order valence-electron chi connectivity index (χ4n) is 1.65. The van der Waals surface area contributed by atoms with Gasteiger partial charge in [0.25, 0.3) is 0 Å². The van der Waals surface area contributed by atoms with Crippen molar-refractivity contribution in [2.75, 3.05) is 13.6 Å². The molecule has 110 valence electrons. The number of halogens is 1. The van der Waals surface area contributed by atoms with E-state index >= 15 is 0 Å². The van der Waals surface area contributed by atoms with Crippen LogP contribution in [0.15, 0.2) is 30.3 Å². The van der Waals surface area contributed by atoms with Crippen molar-refractivity contribution in [3.8, 4) is 0 Å². The highest BCUT2D eigenvalue weighted by Gasteiger charge is 2.10. The van der Waals surface area contributed by atoms with Crippen molar-refractivity contribution in [3.63, 3.8) is 0 Å². The first-order chi connectivity index (χ1) is 9.40. The molecule has 0 fully saturated rings. The van der Waals surface area contributed by atoms with Gasteiger partial charge >= 0.3 is 0 Å². The second-order valence-electron chi connectivity index (χ2n) is 5.34. The van der Waals surface area contributed by atoms with Crippen molar-refractivity contribution >= 4 is 23.6 Å². The number of amides is 1. The fourth-order valence-corrected chi connectivity index (χ4v) is 1.78. The summed E-state index contributed by atoms with van der Waals surface area (Å²) in [6.45, 7) is 4.85. The minimum atomic E-state index is -0.0177. The highest BCUT2D eigenvalue weighted by atomic mass is 35.5. The molecular weight excluding hydrogens is 272 g/mol. The van der Waals surface area contributed by atoms with Gasteiger partial charge < -0.3 is 10.6 Å². The SMILES string of the molecule is CC(C)C(N)CCN(C)C(=O)/C=C/c1ccc(Cl)cc1. The van der Waals surface area contributed by atoms with E-state index in [4.69, 9.17) is 17.3 Å². The van der Waals surface area contributed by atoms with Crippen LogP contribution >= 0.6 is 11.6 Å². The Hall–Kier alpha value is -1.32. The molecule has 1 amide bonds. The van der Waals surface area contributed by atoms with Crippen LogP contribution < -0.4 is 5.73 Å². The van der Waals surface area contributed by atoms with Crippen LogP contribution in [-0.2, 0) is 4.79 Å². The maximum absolute atomic E-state index is 11.9. The number of rotatable bonds is 6. The van der Waals surface area contributed by atoms with Crippen LogP contribution in [0.5, 0.6) is 0 Å². The zero-order chi connectivity index (χ0) is 15.1. The Morgan fingerprint density at radius 2 is 1.95 bits per heavy atom. The Morgan fingerprint density at radius 3 is 2.50 bits per heavy atom. The molecule has 2 N–H and O–H groups in total. The first kappa shape index (κ1) is 16.7. The van der Waals surface area contributed by atoms with Crippen LogP contribution in [0.1, 0.15) is 25.8 Å². The predicted octanol–water partition coefficient (Wildman–Crippen LogP) is 3.19. The molecule has 0 aliphatic heterocycles. The highest BCUT2D eigenvalue weighted by Crippen LogP contribution is 2.11. The Labute approximate surface area is 126 Å². The molecule has 1 aromatic carbocycles. The molecule has 1 unspecified atom stereocenters. The van der Waals surface area contributed by atoms with E-state index < -0.39 is 0 Å². The summed E-state index contributed by atoms with van der Waals surface area (Å²) in [5.74, 6) is 0.416. The summed E-state index contributed by atoms with van der Waals surface area (Å²) >= 11 is 5.81. The Morgan fingerprint density at radius 1 is 1.35 bits per heavy atom. The molecule has 3 nitrogen and oxygen atoms in total. The average Bonchev–Trinajstić information content (AvgIpc) is 2.43. The molecule has 0 radical (unpaired) electrons. The Balaban J connectivity index is 2.47. The summed E-state index contributed by atoms with van der Waals surface area (Å²) in [6, 6.07) is 7.49. The number of hydrogen-bond acceptors (Lipinski definition) is 2. The largest absolute Gasteiger partial charge is 0.342 e. The summed E-state index contributed by atoms with van der Waals surface area (Å²) in [4.78, 5) is 13.6. The van der Waals surface area contributed by atoms with E-state index in [9.17, 15) is 4.79 Å². The molecule has 0 saturated heterocycles. The molecule has 4 heteroatoms. The number of likely N-dealkylation sites (N-methyl/N-ethyl adjacent to an activating group) is 1. The van der Waals surface area contributed by atoms with Gasteiger partial charge in [0.1, 0.15) is 0 Å². The number of nitrogens with zero attached hydrogens (tertiary/aromatic N) is 1. The lowest BCUT2D eigenvalue weighted by molar-refractivity contribution is -0.124. The number of carbonyl (C=O) groups is 1. The third kappa shape index (κ3) is 5.76. The lowest BCUT2D eigenvalue weighted by atomic mass is 10.0. The zero-order valence-electron chi connectivity index (χ0n) is 12.3. The van der Waals surface area contributed by atoms with Gasteiger partial charge in [-0.1, -0.05) is 37.6 Å². The van der Waals surface area contributed by atoms with E-state index in [1.807, 2.05) is 12.1 Å². The molecule has 0 aliphatic rings. The highest BCUT2D eigenvalue weighted by molar-refractivity contribution is 6.30. The quantitative estimate of drug-likeness (QED) is 0.819. The van der Waals surface area contributed by atoms with E-state index in [2.05, 4.69) is 13.8 Å². The molecule has 20 heavy (non-hydrogen) atoms. The van der Waals surface area contributed by atoms with Gasteiger partial charge in [0, 0.05) is 30.7 Å². The summed E-state index contributed by atoms with van der Waals surface area (Å²) in [7, 11) is 1.79. The van der Waals surface area contributed by atoms with Crippen molar-refractivity contribution < 1.29 is 4.79 Å². The van der Waals surface area contributed by atoms with E-state index in [1.54, 1.807) is 36.2 Å². The lowest BCUT2D eigenvalue weighted by Gasteiger charge is -2.20. The molecule has 1 rings (SSSR count). The molecule has 0 heterocycles. The number of hydrogen-bond donors (Lipinski definition) is 1. The molecule has 1 atom stereocenters. The maximum Gasteiger partial charge on any atom is 0.246 e. The van der Waals surface area contributed by atoms with Crippen molar-refractivity contribution in [2.24, 2.45) is 11.7 Å². The first-order valence-corrected chi connectivity index (χ1v) is 7.22. The van der Waals surface area contributed by atoms with Gasteiger partial charge in [-0.2, -0.15) is 0 Å². The van der Waals surface area contributed by atoms with Gasteiger partial charge in [0.15, 0.2) is 0 Å². The topological polar surface area (TPSA) is 46.3 Å². The van der Waals surface area contributed by atoms with Crippen molar-refractivity contribution in [1.29, 1.82) is 0 Å². The Bertz CT molecular complexity index is 454. The molecule has 0 aromatic heterocycles. The average molecular weight is 295 g/mol. The first-order valence-electron chi connectivity index (χ1n) is 6.84. The summed E-state index contributed by atoms with van der Waals surface area (Å²) < 4.78 is 0. The smallest absolute Gasteiger partial charge is 0.246 e. The molecule has 0 spiro atoms. The lowest BCUT2D eigenvalue weighted by Crippen LogP contribution is -2.33. The summed E-state index contributed by atoms with van der Waals surface area (Å²) in [5.41, 5.74) is 6.93. The van der Waals surface area contributed by atoms with Crippen LogP contribution in [0.2, 0.25) is 5.02 Å². The van der Waals surface area contributed by atoms with Crippen LogP contribution in [0.25, 0.3) is 6.08 Å². The second-order valence-corrected chi connectivity index (χ2v) is 5.78. The zero-order valence-corrected chi connectivity index (χ0v) is 13.1. The monoisotopic (exact) mass is 294 g/mol. The van der Waals surface area contributed by atoms with Crippen LogP contribution in [-0.4, -0.2) is 30.4 Å². The van der Waals surface area contributed by atoms with E-state index in [1.165, 1.54) is 0 Å². The van der Waals surface area contributed by atoms with E-state index in [0.717, 1.165) is 12.0 Å². The maximum atomic E-state index is 11.9. The van der Waals surface area contributed by atoms with Crippen molar-refractivity contribution in [3.05, 3.63) is 40.9 Å². The van der Waals surface area contributed by atoms with Crippen molar-refractivity contribution in [2.45, 2.75) is 26.3 Å². The minimum Gasteiger partial charge on any atom is -0.342 e. The predicted molar refractivity (Wildman–Crippen MR) is 85.6 cm³/mol. The Kier molecular flexibility index (Phi) is 6.76. The van der Waals surface area contributed by atoms with Gasteiger partial charge in [0.2, 0.25) is 5.91 Å². The molecule has 0 bridgehead atoms. The second kappa shape index (κ2) is 8.08. The standard InChI is InChI=1S/C16H23ClN2O/c1-12(2)15(18)10-11-19(3)16(20)9-6-13-4-7-14(17)8-5-13/h4-9,12,15H,10-11,18H2,1-3H3/b9-6+. The van der Waals surface area contributed by atoms with E-state index in [0.29, 0.717) is 17.5 Å².